The van der Waals surface area contributed by atoms with Crippen molar-refractivity contribution in [3.8, 4) is 22.5 Å². The first-order valence-corrected chi connectivity index (χ1v) is 19.9. The van der Waals surface area contributed by atoms with E-state index in [9.17, 15) is 0 Å². The van der Waals surface area contributed by atoms with Gasteiger partial charge in [0.25, 0.3) is 0 Å². The predicted octanol–water partition coefficient (Wildman–Crippen LogP) is 11.4. The van der Waals surface area contributed by atoms with E-state index in [0.717, 1.165) is 66.0 Å². The topological polar surface area (TPSA) is 51.8 Å². The van der Waals surface area contributed by atoms with Crippen molar-refractivity contribution in [1.82, 2.24) is 15.0 Å². The van der Waals surface area contributed by atoms with Crippen LogP contribution in [0.25, 0.3) is 44.6 Å². The Bertz CT molecular complexity index is 2690. The van der Waals surface area contributed by atoms with Gasteiger partial charge >= 0.3 is 0 Å². The van der Waals surface area contributed by atoms with E-state index < -0.39 is 65.6 Å². The van der Waals surface area contributed by atoms with Crippen molar-refractivity contribution in [3.63, 3.8) is 0 Å². The first-order valence-electron chi connectivity index (χ1n) is 25.4. The molecule has 0 aliphatic heterocycles. The van der Waals surface area contributed by atoms with E-state index in [1.54, 1.807) is 6.07 Å². The molecule has 263 valence electrons. The quantitative estimate of drug-likeness (QED) is 0.113. The van der Waals surface area contributed by atoms with Crippen LogP contribution in [0.5, 0.6) is 0 Å². The molecular formula is C44H51IrN3OSi-2. The van der Waals surface area contributed by atoms with Gasteiger partial charge in [-0.1, -0.05) is 101 Å². The van der Waals surface area contributed by atoms with Gasteiger partial charge in [-0.25, -0.2) is 4.98 Å². The molecule has 0 unspecified atom stereocenters. The minimum absolute atomic E-state index is 0. The zero-order valence-corrected chi connectivity index (χ0v) is 31.6. The molecule has 1 fully saturated rings. The Morgan fingerprint density at radius 2 is 1.76 bits per heavy atom. The molecule has 0 N–H and O–H groups in total. The number of nitrogens with zero attached hydrogens (tertiary/aromatic N) is 3. The van der Waals surface area contributed by atoms with Crippen LogP contribution in [0, 0.1) is 24.9 Å². The van der Waals surface area contributed by atoms with Crippen LogP contribution in [0.3, 0.4) is 0 Å². The van der Waals surface area contributed by atoms with E-state index in [0.29, 0.717) is 10.8 Å². The van der Waals surface area contributed by atoms with Crippen LogP contribution in [0.1, 0.15) is 107 Å². The van der Waals surface area contributed by atoms with Crippen molar-refractivity contribution >= 4 is 35.3 Å². The van der Waals surface area contributed by atoms with Crippen LogP contribution < -0.4 is 5.19 Å². The van der Waals surface area contributed by atoms with E-state index in [2.05, 4.69) is 46.7 Å². The Morgan fingerprint density at radius 3 is 2.48 bits per heavy atom. The van der Waals surface area contributed by atoms with E-state index in [1.807, 2.05) is 36.5 Å². The third-order valence-corrected chi connectivity index (χ3v) is 10.8. The molecule has 0 bridgehead atoms. The number of rotatable bonds is 8. The van der Waals surface area contributed by atoms with Crippen molar-refractivity contribution in [3.05, 3.63) is 108 Å². The second kappa shape index (κ2) is 16.3. The number of hydrogen-bond donors (Lipinski definition) is 0. The van der Waals surface area contributed by atoms with Gasteiger partial charge in [0, 0.05) is 68.3 Å². The Balaban J connectivity index is 0.000000283. The fraction of sp³-hybridized carbons (Fsp3) is 0.386. The van der Waals surface area contributed by atoms with Crippen LogP contribution in [-0.4, -0.2) is 23.0 Å². The summed E-state index contributed by atoms with van der Waals surface area (Å²) in [7, 11) is -1.69. The molecule has 6 heteroatoms. The molecule has 0 saturated heterocycles. The number of benzene rings is 2. The summed E-state index contributed by atoms with van der Waals surface area (Å²) in [6.45, 7) is -7.14. The average Bonchev–Trinajstić information content (AvgIpc) is 3.61. The van der Waals surface area contributed by atoms with Crippen LogP contribution in [0.2, 0.25) is 19.6 Å². The molecule has 0 atom stereocenters. The molecule has 6 aromatic rings. The molecule has 0 amide bonds. The maximum absolute atomic E-state index is 8.99. The molecule has 1 aliphatic rings. The average molecular weight is 876 g/mol. The maximum Gasteiger partial charge on any atom is 0.216 e. The Morgan fingerprint density at radius 1 is 0.920 bits per heavy atom. The summed E-state index contributed by atoms with van der Waals surface area (Å²) in [6, 6.07) is 23.5. The van der Waals surface area contributed by atoms with Crippen LogP contribution in [-0.2, 0) is 31.9 Å². The Hall–Kier alpha value is -3.44. The molecule has 1 radical (unpaired) electrons. The van der Waals surface area contributed by atoms with Gasteiger partial charge in [0.05, 0.1) is 13.7 Å². The summed E-state index contributed by atoms with van der Waals surface area (Å²) in [5, 5.41) is 2.00. The Labute approximate surface area is 339 Å². The third-order valence-electron chi connectivity index (χ3n) is 8.78. The van der Waals surface area contributed by atoms with Gasteiger partial charge in [0.1, 0.15) is 0 Å². The maximum atomic E-state index is 8.99. The van der Waals surface area contributed by atoms with Crippen LogP contribution >= 0.6 is 0 Å². The number of fused-ring (bicyclic) bond motifs is 3. The van der Waals surface area contributed by atoms with Gasteiger partial charge in [-0.2, -0.15) is 0 Å². The summed E-state index contributed by atoms with van der Waals surface area (Å²) >= 11 is 0. The molecule has 4 aromatic heterocycles. The molecule has 1 aliphatic carbocycles. The summed E-state index contributed by atoms with van der Waals surface area (Å²) < 4.78 is 152. The standard InChI is InChI=1S/C23H23N2O.C21H28NSi.Ir/c1-5-23(4,6-2)16-12-13-24-20(14-16)19-9-7-8-17-18-11-10-15(3)25-22(18)26-21(17)19;1-23(2,3)21-16-22-20(18-12-8-5-9-13-18)15-19(21)14-17-10-6-4-7-11-17;/h7-8,10-14H,5-6H2,1-4H3;5,8-9,12,15-17H,4,6-7,10-11,14H2,1-3H3;/q2*-1;/i1D3,2D3,3D3,4D3,5D2,6D2;14D2;. The van der Waals surface area contributed by atoms with E-state index in [4.69, 9.17) is 29.1 Å². The fourth-order valence-electron chi connectivity index (χ4n) is 6.13. The van der Waals surface area contributed by atoms with Crippen molar-refractivity contribution in [2.75, 3.05) is 0 Å². The second-order valence-electron chi connectivity index (χ2n) is 13.3. The number of furan rings is 1. The molecule has 4 nitrogen and oxygen atoms in total. The number of hydrogen-bond acceptors (Lipinski definition) is 4. The van der Waals surface area contributed by atoms with Gasteiger partial charge in [-0.05, 0) is 77.6 Å². The van der Waals surface area contributed by atoms with Gasteiger partial charge in [0.2, 0.25) is 5.71 Å². The minimum atomic E-state index is -3.95. The number of aromatic nitrogens is 3. The molecule has 4 heterocycles. The third kappa shape index (κ3) is 8.36. The fourth-order valence-corrected chi connectivity index (χ4v) is 7.53. The van der Waals surface area contributed by atoms with E-state index in [-0.39, 0.29) is 54.3 Å². The van der Waals surface area contributed by atoms with Gasteiger partial charge in [0.15, 0.2) is 0 Å². The monoisotopic (exact) mass is 876 g/mol. The van der Waals surface area contributed by atoms with Crippen LogP contribution in [0.4, 0.5) is 0 Å². The Kier molecular flexibility index (Phi) is 6.69. The number of aryl methyl sites for hydroxylation is 1. The minimum Gasteiger partial charge on any atom is -0.486 e. The first-order chi connectivity index (χ1) is 30.7. The van der Waals surface area contributed by atoms with E-state index >= 15 is 0 Å². The SMILES string of the molecule is [2H]C([2H])([2H])c1ccc2c(n1)oc1c(-c3cc(C(C([2H])([2H])[2H])(C([2H])([2H])C([2H])([2H])[2H])C([2H])([2H])C([2H])([2H])[2H])ccn3)[c-]ccc12.[2H]C([2H])(c1cc(-c2[c-]cccc2)ncc1[Si](C)(C)C)C1CCCCC1.[Ir]. The summed E-state index contributed by atoms with van der Waals surface area (Å²) in [6.07, 6.45) is -0.751. The van der Waals surface area contributed by atoms with Crippen LogP contribution in [0.15, 0.2) is 83.5 Å². The van der Waals surface area contributed by atoms with Crippen molar-refractivity contribution < 1.29 is 49.2 Å². The van der Waals surface area contributed by atoms with E-state index in [1.165, 1.54) is 24.6 Å². The molecule has 1 saturated carbocycles. The zero-order chi connectivity index (χ0) is 50.0. The summed E-state index contributed by atoms with van der Waals surface area (Å²) in [5.41, 5.74) is -2.28. The zero-order valence-electron chi connectivity index (χ0n) is 46.2. The molecule has 2 aromatic carbocycles. The van der Waals surface area contributed by atoms with Gasteiger partial charge in [-0.15, -0.1) is 54.1 Å². The van der Waals surface area contributed by atoms with Crippen molar-refractivity contribution in [1.29, 1.82) is 0 Å². The largest absolute Gasteiger partial charge is 0.486 e. The van der Waals surface area contributed by atoms with Gasteiger partial charge in [-0.3, -0.25) is 0 Å². The molecule has 0 spiro atoms. The second-order valence-corrected chi connectivity index (χ2v) is 18.3. The first kappa shape index (κ1) is 20.6. The van der Waals surface area contributed by atoms with Gasteiger partial charge < -0.3 is 14.4 Å². The molecular weight excluding hydrogens is 807 g/mol. The molecule has 7 rings (SSSR count). The summed E-state index contributed by atoms with van der Waals surface area (Å²) in [4.78, 5) is 12.9. The summed E-state index contributed by atoms with van der Waals surface area (Å²) in [5.74, 6) is 0.117. The number of pyridine rings is 3. The normalized spacial score (nSPS) is 21.1. The smallest absolute Gasteiger partial charge is 0.216 e. The molecule has 50 heavy (non-hydrogen) atoms. The van der Waals surface area contributed by atoms with Crippen molar-refractivity contribution in [2.45, 2.75) is 104 Å². The van der Waals surface area contributed by atoms with Crippen molar-refractivity contribution in [2.24, 2.45) is 5.92 Å². The predicted molar refractivity (Wildman–Crippen MR) is 208 cm³/mol.